The highest BCUT2D eigenvalue weighted by atomic mass is 32.2. The molecule has 0 aliphatic rings. The molecule has 1 amide bonds. The zero-order chi connectivity index (χ0) is 19.7. The second-order valence-corrected chi connectivity index (χ2v) is 10.4. The number of hydrogen-bond acceptors (Lipinski definition) is 5. The van der Waals surface area contributed by atoms with E-state index in [1.54, 1.807) is 24.3 Å². The summed E-state index contributed by atoms with van der Waals surface area (Å²) in [7, 11) is -0.460. The molecule has 0 saturated heterocycles. The van der Waals surface area contributed by atoms with E-state index in [2.05, 4.69) is 31.1 Å². The molecule has 142 valence electrons. The molecule has 0 fully saturated rings. The number of aryl methyl sites for hydroxylation is 1. The average Bonchev–Trinajstić information content (AvgIpc) is 2.95. The fourth-order valence-corrected chi connectivity index (χ4v) is 4.12. The van der Waals surface area contributed by atoms with Crippen LogP contribution in [0.4, 0.5) is 0 Å². The maximum Gasteiger partial charge on any atom is 0.263 e. The molecule has 1 aromatic heterocycles. The van der Waals surface area contributed by atoms with Crippen LogP contribution in [0.15, 0.2) is 29.2 Å². The van der Waals surface area contributed by atoms with Gasteiger partial charge in [0.05, 0.1) is 15.6 Å². The van der Waals surface area contributed by atoms with Crippen LogP contribution in [0.2, 0.25) is 0 Å². The van der Waals surface area contributed by atoms with Crippen LogP contribution in [0.3, 0.4) is 0 Å². The van der Waals surface area contributed by atoms with Gasteiger partial charge < -0.3 is 5.32 Å². The fourth-order valence-electron chi connectivity index (χ4n) is 2.18. The predicted molar refractivity (Wildman–Crippen MR) is 104 cm³/mol. The van der Waals surface area contributed by atoms with Crippen LogP contribution in [-0.4, -0.2) is 37.7 Å². The van der Waals surface area contributed by atoms with Gasteiger partial charge in [-0.3, -0.25) is 4.79 Å². The number of aromatic nitrogens is 1. The summed E-state index contributed by atoms with van der Waals surface area (Å²) in [6.07, 6.45) is 0. The van der Waals surface area contributed by atoms with Crippen molar-refractivity contribution in [2.45, 2.75) is 44.6 Å². The Morgan fingerprint density at radius 2 is 1.77 bits per heavy atom. The molecule has 0 unspecified atom stereocenters. The van der Waals surface area contributed by atoms with Crippen LogP contribution in [0.25, 0.3) is 0 Å². The second kappa shape index (κ2) is 7.46. The van der Waals surface area contributed by atoms with E-state index < -0.39 is 10.0 Å². The molecule has 0 aliphatic carbocycles. The number of thiazole rings is 1. The van der Waals surface area contributed by atoms with E-state index in [-0.39, 0.29) is 16.2 Å². The Kier molecular flexibility index (Phi) is 5.89. The molecule has 0 saturated carbocycles. The van der Waals surface area contributed by atoms with Gasteiger partial charge in [-0.1, -0.05) is 32.9 Å². The van der Waals surface area contributed by atoms with Crippen LogP contribution < -0.4 is 5.32 Å². The molecule has 2 rings (SSSR count). The van der Waals surface area contributed by atoms with E-state index in [0.29, 0.717) is 11.4 Å². The van der Waals surface area contributed by atoms with Crippen molar-refractivity contribution in [2.75, 3.05) is 14.1 Å². The number of rotatable bonds is 5. The predicted octanol–water partition coefficient (Wildman–Crippen LogP) is 2.93. The third kappa shape index (κ3) is 4.49. The monoisotopic (exact) mass is 395 g/mol. The van der Waals surface area contributed by atoms with Crippen LogP contribution in [-0.2, 0) is 22.0 Å². The molecular weight excluding hydrogens is 370 g/mol. The smallest absolute Gasteiger partial charge is 0.263 e. The molecule has 8 heteroatoms. The lowest BCUT2D eigenvalue weighted by molar-refractivity contribution is 0.0954. The van der Waals surface area contributed by atoms with E-state index in [4.69, 9.17) is 0 Å². The van der Waals surface area contributed by atoms with E-state index in [1.165, 1.54) is 29.7 Å². The van der Waals surface area contributed by atoms with Crippen molar-refractivity contribution in [1.82, 2.24) is 14.6 Å². The number of benzene rings is 1. The lowest BCUT2D eigenvalue weighted by Crippen LogP contribution is -2.23. The molecule has 2 aromatic rings. The Balaban J connectivity index is 2.08. The number of carbonyl (C=O) groups excluding carboxylic acids is 1. The quantitative estimate of drug-likeness (QED) is 0.844. The minimum atomic E-state index is -3.45. The van der Waals surface area contributed by atoms with Gasteiger partial charge in [0, 0.05) is 26.1 Å². The van der Waals surface area contributed by atoms with Crippen molar-refractivity contribution in [3.8, 4) is 0 Å². The molecule has 0 atom stereocenters. The van der Waals surface area contributed by atoms with Crippen molar-refractivity contribution in [3.05, 3.63) is 45.4 Å². The van der Waals surface area contributed by atoms with Gasteiger partial charge in [-0.25, -0.2) is 17.7 Å². The number of nitrogens with zero attached hydrogens (tertiary/aromatic N) is 2. The number of carbonyl (C=O) groups is 1. The Labute approximate surface area is 159 Å². The van der Waals surface area contributed by atoms with Gasteiger partial charge in [0.25, 0.3) is 5.91 Å². The molecule has 6 nitrogen and oxygen atoms in total. The fraction of sp³-hybridized carbons (Fsp3) is 0.444. The highest BCUT2D eigenvalue weighted by Crippen LogP contribution is 2.29. The summed E-state index contributed by atoms with van der Waals surface area (Å²) in [6.45, 7) is 8.35. The van der Waals surface area contributed by atoms with E-state index >= 15 is 0 Å². The topological polar surface area (TPSA) is 79.4 Å². The first kappa shape index (κ1) is 20.5. The SMILES string of the molecule is Cc1nc(C(C)(C)C)sc1C(=O)NCc1ccc(S(=O)(=O)N(C)C)cc1. The van der Waals surface area contributed by atoms with Crippen molar-refractivity contribution < 1.29 is 13.2 Å². The van der Waals surface area contributed by atoms with Crippen LogP contribution in [0.5, 0.6) is 0 Å². The maximum absolute atomic E-state index is 12.5. The van der Waals surface area contributed by atoms with Crippen molar-refractivity contribution in [3.63, 3.8) is 0 Å². The van der Waals surface area contributed by atoms with Gasteiger partial charge in [0.2, 0.25) is 10.0 Å². The second-order valence-electron chi connectivity index (χ2n) is 7.30. The van der Waals surface area contributed by atoms with Crippen LogP contribution in [0, 0.1) is 6.92 Å². The number of sulfonamides is 1. The minimum absolute atomic E-state index is 0.0955. The lowest BCUT2D eigenvalue weighted by atomic mass is 9.98. The van der Waals surface area contributed by atoms with E-state index in [1.807, 2.05) is 6.92 Å². The standard InChI is InChI=1S/C18H25N3O3S2/c1-12-15(25-17(20-12)18(2,3)4)16(22)19-11-13-7-9-14(10-8-13)26(23,24)21(5)6/h7-10H,11H2,1-6H3,(H,19,22). The molecule has 1 heterocycles. The Bertz CT molecular complexity index is 893. The summed E-state index contributed by atoms with van der Waals surface area (Å²) in [5, 5.41) is 3.80. The molecule has 0 aliphatic heterocycles. The van der Waals surface area contributed by atoms with Gasteiger partial charge in [-0.2, -0.15) is 0 Å². The van der Waals surface area contributed by atoms with Gasteiger partial charge in [0.15, 0.2) is 0 Å². The zero-order valence-electron chi connectivity index (χ0n) is 16.0. The normalized spacial score (nSPS) is 12.4. The van der Waals surface area contributed by atoms with Gasteiger partial charge >= 0.3 is 0 Å². The number of amides is 1. The maximum atomic E-state index is 12.5. The van der Waals surface area contributed by atoms with Crippen LogP contribution in [0.1, 0.15) is 46.7 Å². The largest absolute Gasteiger partial charge is 0.347 e. The molecule has 0 spiro atoms. The summed E-state index contributed by atoms with van der Waals surface area (Å²) in [6, 6.07) is 6.51. The Morgan fingerprint density at radius 3 is 2.23 bits per heavy atom. The zero-order valence-corrected chi connectivity index (χ0v) is 17.6. The van der Waals surface area contributed by atoms with Gasteiger partial charge in [-0.05, 0) is 24.6 Å². The van der Waals surface area contributed by atoms with E-state index in [9.17, 15) is 13.2 Å². The van der Waals surface area contributed by atoms with Gasteiger partial charge in [0.1, 0.15) is 4.88 Å². The average molecular weight is 396 g/mol. The highest BCUT2D eigenvalue weighted by Gasteiger charge is 2.23. The lowest BCUT2D eigenvalue weighted by Gasteiger charge is -2.13. The summed E-state index contributed by atoms with van der Waals surface area (Å²) in [4.78, 5) is 17.8. The first-order valence-electron chi connectivity index (χ1n) is 8.20. The first-order valence-corrected chi connectivity index (χ1v) is 10.5. The number of nitrogens with one attached hydrogen (secondary N) is 1. The number of hydrogen-bond donors (Lipinski definition) is 1. The third-order valence-electron chi connectivity index (χ3n) is 3.80. The molecule has 26 heavy (non-hydrogen) atoms. The Morgan fingerprint density at radius 1 is 1.19 bits per heavy atom. The summed E-state index contributed by atoms with van der Waals surface area (Å²) in [5.41, 5.74) is 1.46. The summed E-state index contributed by atoms with van der Waals surface area (Å²) < 4.78 is 25.3. The molecule has 0 radical (unpaired) electrons. The van der Waals surface area contributed by atoms with E-state index in [0.717, 1.165) is 16.3 Å². The molecule has 1 aromatic carbocycles. The molecular formula is C18H25N3O3S2. The minimum Gasteiger partial charge on any atom is -0.347 e. The van der Waals surface area contributed by atoms with Gasteiger partial charge in [-0.15, -0.1) is 11.3 Å². The highest BCUT2D eigenvalue weighted by molar-refractivity contribution is 7.89. The third-order valence-corrected chi connectivity index (χ3v) is 7.21. The van der Waals surface area contributed by atoms with Crippen molar-refractivity contribution >= 4 is 27.3 Å². The van der Waals surface area contributed by atoms with Crippen LogP contribution >= 0.6 is 11.3 Å². The summed E-state index contributed by atoms with van der Waals surface area (Å²) in [5.74, 6) is -0.166. The van der Waals surface area contributed by atoms with Crippen molar-refractivity contribution in [1.29, 1.82) is 0 Å². The van der Waals surface area contributed by atoms with Crippen molar-refractivity contribution in [2.24, 2.45) is 0 Å². The Hall–Kier alpha value is -1.77. The first-order chi connectivity index (χ1) is 11.9. The molecule has 0 bridgehead atoms. The molecule has 1 N–H and O–H groups in total. The summed E-state index contributed by atoms with van der Waals surface area (Å²) >= 11 is 1.41.